The van der Waals surface area contributed by atoms with Crippen molar-refractivity contribution in [1.29, 1.82) is 0 Å². The monoisotopic (exact) mass is 496 g/mol. The van der Waals surface area contributed by atoms with E-state index in [-0.39, 0.29) is 6.61 Å². The largest absolute Gasteiger partial charge is 0.384 e. The second kappa shape index (κ2) is 29.3. The molecule has 0 aromatic heterocycles. The molecule has 0 aromatic rings. The molecule has 3 heteroatoms. The number of aliphatic hydroxyl groups is 3. The van der Waals surface area contributed by atoms with Crippen LogP contribution in [0.1, 0.15) is 128 Å². The lowest BCUT2D eigenvalue weighted by Crippen LogP contribution is -2.01. The van der Waals surface area contributed by atoms with Crippen molar-refractivity contribution in [2.75, 3.05) is 6.61 Å². The van der Waals surface area contributed by atoms with E-state index in [0.717, 1.165) is 19.3 Å². The summed E-state index contributed by atoms with van der Waals surface area (Å²) < 4.78 is 0. The van der Waals surface area contributed by atoms with Gasteiger partial charge in [-0.15, -0.1) is 6.42 Å². The highest BCUT2D eigenvalue weighted by molar-refractivity contribution is 5.27. The van der Waals surface area contributed by atoms with Gasteiger partial charge in [0.25, 0.3) is 0 Å². The molecule has 0 bridgehead atoms. The van der Waals surface area contributed by atoms with Crippen molar-refractivity contribution in [3.63, 3.8) is 0 Å². The number of allylic oxidation sites excluding steroid dienone is 3. The van der Waals surface area contributed by atoms with Crippen molar-refractivity contribution in [3.05, 3.63) is 24.3 Å². The smallest absolute Gasteiger partial charge is 0.133 e. The molecule has 0 saturated carbocycles. The second-order valence-corrected chi connectivity index (χ2v) is 9.57. The first-order valence-electron chi connectivity index (χ1n) is 14.4. The van der Waals surface area contributed by atoms with E-state index in [1.165, 1.54) is 103 Å². The molecule has 0 aliphatic heterocycles. The second-order valence-electron chi connectivity index (χ2n) is 9.57. The molecule has 3 N–H and O–H groups in total. The van der Waals surface area contributed by atoms with Gasteiger partial charge in [-0.1, -0.05) is 113 Å². The van der Waals surface area contributed by atoms with Gasteiger partial charge in [-0.05, 0) is 69.3 Å². The minimum Gasteiger partial charge on any atom is -0.384 e. The molecule has 0 heterocycles. The van der Waals surface area contributed by atoms with Crippen molar-refractivity contribution < 1.29 is 15.3 Å². The van der Waals surface area contributed by atoms with Crippen LogP contribution in [-0.4, -0.2) is 34.1 Å². The maximum atomic E-state index is 9.72. The lowest BCUT2D eigenvalue weighted by atomic mass is 10.0. The molecule has 2 atom stereocenters. The molecule has 3 nitrogen and oxygen atoms in total. The quantitative estimate of drug-likeness (QED) is 0.0793. The van der Waals surface area contributed by atoms with Crippen molar-refractivity contribution in [2.45, 2.75) is 141 Å². The summed E-state index contributed by atoms with van der Waals surface area (Å²) in [6.07, 6.45) is 36.9. The first-order valence-corrected chi connectivity index (χ1v) is 14.4. The van der Waals surface area contributed by atoms with Crippen LogP contribution >= 0.6 is 0 Å². The van der Waals surface area contributed by atoms with Crippen LogP contribution in [0, 0.1) is 36.0 Å². The van der Waals surface area contributed by atoms with Gasteiger partial charge in [-0.2, -0.15) is 0 Å². The van der Waals surface area contributed by atoms with Crippen LogP contribution in [0.3, 0.4) is 0 Å². The van der Waals surface area contributed by atoms with Crippen LogP contribution in [0.15, 0.2) is 24.3 Å². The van der Waals surface area contributed by atoms with Crippen molar-refractivity contribution in [1.82, 2.24) is 0 Å². The standard InChI is InChI=1S/C33H52O3/c1-2-32(35)28-24-21-19-17-15-13-11-9-7-5-3-4-6-8-10-12-14-16-18-20-22-25-29-33(36)30-26-23-27-31-34/h1,3-4,24,28,32-36H,5-22,25,29,31H2/t32-,33+/m1/s1. The molecular weight excluding hydrogens is 444 g/mol. The molecule has 0 fully saturated rings. The van der Waals surface area contributed by atoms with Crippen LogP contribution < -0.4 is 0 Å². The molecule has 202 valence electrons. The number of aliphatic hydroxyl groups excluding tert-OH is 3. The third kappa shape index (κ3) is 28.3. The first-order chi connectivity index (χ1) is 17.7. The summed E-state index contributed by atoms with van der Waals surface area (Å²) in [6, 6.07) is 0. The highest BCUT2D eigenvalue weighted by Crippen LogP contribution is 2.13. The summed E-state index contributed by atoms with van der Waals surface area (Å²) in [7, 11) is 0. The fraction of sp³-hybridized carbons (Fsp3) is 0.697. The molecule has 0 amide bonds. The zero-order valence-corrected chi connectivity index (χ0v) is 22.7. The van der Waals surface area contributed by atoms with Crippen LogP contribution in [0.2, 0.25) is 0 Å². The average molecular weight is 497 g/mol. The fourth-order valence-electron chi connectivity index (χ4n) is 4.04. The first kappa shape index (κ1) is 34.0. The highest BCUT2D eigenvalue weighted by Gasteiger charge is 1.99. The summed E-state index contributed by atoms with van der Waals surface area (Å²) in [5, 5.41) is 27.5. The van der Waals surface area contributed by atoms with E-state index < -0.39 is 12.2 Å². The maximum absolute atomic E-state index is 9.72. The number of terminal acetylenes is 1. The van der Waals surface area contributed by atoms with Gasteiger partial charge in [-0.3, -0.25) is 0 Å². The van der Waals surface area contributed by atoms with Crippen molar-refractivity contribution >= 4 is 0 Å². The van der Waals surface area contributed by atoms with E-state index in [9.17, 15) is 10.2 Å². The molecule has 0 rings (SSSR count). The molecule has 0 aliphatic carbocycles. The number of rotatable bonds is 23. The molecule has 0 radical (unpaired) electrons. The Morgan fingerprint density at radius 3 is 1.50 bits per heavy atom. The summed E-state index contributed by atoms with van der Waals surface area (Å²) in [6.45, 7) is -0.187. The third-order valence-corrected chi connectivity index (χ3v) is 6.21. The van der Waals surface area contributed by atoms with E-state index in [4.69, 9.17) is 11.5 Å². The van der Waals surface area contributed by atoms with Gasteiger partial charge in [0, 0.05) is 0 Å². The van der Waals surface area contributed by atoms with Gasteiger partial charge in [0.2, 0.25) is 0 Å². The summed E-state index contributed by atoms with van der Waals surface area (Å²) in [5.41, 5.74) is 0. The Morgan fingerprint density at radius 1 is 0.583 bits per heavy atom. The topological polar surface area (TPSA) is 60.7 Å². The van der Waals surface area contributed by atoms with Crippen LogP contribution in [0.25, 0.3) is 0 Å². The van der Waals surface area contributed by atoms with Crippen LogP contribution in [0.5, 0.6) is 0 Å². The zero-order valence-electron chi connectivity index (χ0n) is 22.7. The SMILES string of the molecule is C#C[C@@H](O)C=CCCCCCCCCCC=CCCCCCCCCCCC[C@H](O)C#CC#CCO. The molecule has 36 heavy (non-hydrogen) atoms. The van der Waals surface area contributed by atoms with Gasteiger partial charge in [0.05, 0.1) is 0 Å². The Hall–Kier alpha value is -1.96. The lowest BCUT2D eigenvalue weighted by Gasteiger charge is -2.04. The molecule has 0 unspecified atom stereocenters. The Kier molecular flexibility index (Phi) is 27.7. The molecule has 0 aromatic carbocycles. The predicted molar refractivity (Wildman–Crippen MR) is 154 cm³/mol. The summed E-state index contributed by atoms with van der Waals surface area (Å²) >= 11 is 0. The van der Waals surface area contributed by atoms with Crippen LogP contribution in [-0.2, 0) is 0 Å². The number of hydrogen-bond acceptors (Lipinski definition) is 3. The summed E-state index contributed by atoms with van der Waals surface area (Å²) in [5.74, 6) is 12.5. The highest BCUT2D eigenvalue weighted by atomic mass is 16.3. The van der Waals surface area contributed by atoms with E-state index in [1.807, 2.05) is 6.08 Å². The van der Waals surface area contributed by atoms with Gasteiger partial charge in [0.15, 0.2) is 0 Å². The van der Waals surface area contributed by atoms with Gasteiger partial charge >= 0.3 is 0 Å². The molecule has 0 spiro atoms. The van der Waals surface area contributed by atoms with Crippen molar-refractivity contribution in [3.8, 4) is 36.0 Å². The number of hydrogen-bond donors (Lipinski definition) is 3. The van der Waals surface area contributed by atoms with Gasteiger partial charge in [-0.25, -0.2) is 0 Å². The minimum atomic E-state index is -0.725. The maximum Gasteiger partial charge on any atom is 0.133 e. The van der Waals surface area contributed by atoms with E-state index in [0.29, 0.717) is 6.42 Å². The Bertz CT molecular complexity index is 692. The molecular formula is C33H52O3. The molecule has 0 aliphatic rings. The fourth-order valence-corrected chi connectivity index (χ4v) is 4.04. The zero-order chi connectivity index (χ0) is 26.4. The average Bonchev–Trinajstić information content (AvgIpc) is 2.88. The normalized spacial score (nSPS) is 12.6. The minimum absolute atomic E-state index is 0.187. The third-order valence-electron chi connectivity index (χ3n) is 6.21. The Balaban J connectivity index is 3.26. The van der Waals surface area contributed by atoms with E-state index in [1.54, 1.807) is 6.08 Å². The van der Waals surface area contributed by atoms with E-state index >= 15 is 0 Å². The molecule has 0 saturated heterocycles. The van der Waals surface area contributed by atoms with Gasteiger partial charge in [0.1, 0.15) is 18.8 Å². The van der Waals surface area contributed by atoms with Gasteiger partial charge < -0.3 is 15.3 Å². The van der Waals surface area contributed by atoms with Crippen molar-refractivity contribution in [2.24, 2.45) is 0 Å². The Morgan fingerprint density at radius 2 is 1.03 bits per heavy atom. The Labute approximate surface area is 222 Å². The van der Waals surface area contributed by atoms with E-state index in [2.05, 4.69) is 41.8 Å². The summed E-state index contributed by atoms with van der Waals surface area (Å²) in [4.78, 5) is 0. The van der Waals surface area contributed by atoms with Crippen LogP contribution in [0.4, 0.5) is 0 Å². The lowest BCUT2D eigenvalue weighted by molar-refractivity contribution is 0.217. The predicted octanol–water partition coefficient (Wildman–Crippen LogP) is 7.25. The number of unbranched alkanes of at least 4 members (excludes halogenated alkanes) is 17.